The van der Waals surface area contributed by atoms with Crippen LogP contribution in [0.1, 0.15) is 19.8 Å². The lowest BCUT2D eigenvalue weighted by Gasteiger charge is -2.22. The van der Waals surface area contributed by atoms with Gasteiger partial charge in [0.2, 0.25) is 0 Å². The first-order valence-electron chi connectivity index (χ1n) is 7.10. The summed E-state index contributed by atoms with van der Waals surface area (Å²) in [6.07, 6.45) is 1.89. The first kappa shape index (κ1) is 16.6. The lowest BCUT2D eigenvalue weighted by molar-refractivity contribution is -0.148. The number of likely N-dealkylation sites (tertiary alicyclic amines) is 1. The van der Waals surface area contributed by atoms with Gasteiger partial charge in [-0.3, -0.25) is 9.69 Å². The zero-order chi connectivity index (χ0) is 15.2. The van der Waals surface area contributed by atoms with Crippen molar-refractivity contribution in [1.82, 2.24) is 4.90 Å². The fourth-order valence-corrected chi connectivity index (χ4v) is 3.26. The Morgan fingerprint density at radius 2 is 2.33 bits per heavy atom. The average molecular weight is 377 g/mol. The van der Waals surface area contributed by atoms with E-state index in [1.54, 1.807) is 12.1 Å². The van der Waals surface area contributed by atoms with Crippen LogP contribution in [0.25, 0.3) is 0 Å². The van der Waals surface area contributed by atoms with Gasteiger partial charge in [0.1, 0.15) is 18.4 Å². The molecule has 1 aromatic rings. The molecule has 2 rings (SSSR count). The minimum Gasteiger partial charge on any atom is -0.491 e. The molecule has 1 aliphatic heterocycles. The standard InChI is InChI=1S/C15H19BrClNO3/c1-2-20-15(19)13-4-3-7-18(13)8-9-21-14-6-5-11(17)10-12(14)16/h5-6,10,13H,2-4,7-9H2,1H3. The molecule has 1 aliphatic rings. The third-order valence-electron chi connectivity index (χ3n) is 3.45. The molecular formula is C15H19BrClNO3. The summed E-state index contributed by atoms with van der Waals surface area (Å²) in [7, 11) is 0. The van der Waals surface area contributed by atoms with E-state index in [1.165, 1.54) is 0 Å². The van der Waals surface area contributed by atoms with E-state index < -0.39 is 0 Å². The van der Waals surface area contributed by atoms with Gasteiger partial charge in [0.05, 0.1) is 11.1 Å². The van der Waals surface area contributed by atoms with Crippen molar-refractivity contribution >= 4 is 33.5 Å². The first-order chi connectivity index (χ1) is 10.1. The van der Waals surface area contributed by atoms with Crippen molar-refractivity contribution in [2.24, 2.45) is 0 Å². The number of hydrogen-bond acceptors (Lipinski definition) is 4. The molecule has 0 spiro atoms. The van der Waals surface area contributed by atoms with Crippen molar-refractivity contribution in [2.75, 3.05) is 26.3 Å². The monoisotopic (exact) mass is 375 g/mol. The Hall–Kier alpha value is -0.780. The Morgan fingerprint density at radius 3 is 3.05 bits per heavy atom. The van der Waals surface area contributed by atoms with Gasteiger partial charge in [0.15, 0.2) is 0 Å². The van der Waals surface area contributed by atoms with E-state index >= 15 is 0 Å². The maximum Gasteiger partial charge on any atom is 0.323 e. The number of rotatable bonds is 6. The molecule has 4 nitrogen and oxygen atoms in total. The number of carbonyl (C=O) groups excluding carboxylic acids is 1. The van der Waals surface area contributed by atoms with E-state index in [0.717, 1.165) is 29.6 Å². The number of nitrogens with zero attached hydrogens (tertiary/aromatic N) is 1. The zero-order valence-electron chi connectivity index (χ0n) is 12.0. The largest absolute Gasteiger partial charge is 0.491 e. The van der Waals surface area contributed by atoms with Crippen LogP contribution in [-0.2, 0) is 9.53 Å². The van der Waals surface area contributed by atoms with Gasteiger partial charge in [-0.25, -0.2) is 0 Å². The normalized spacial score (nSPS) is 18.7. The average Bonchev–Trinajstić information content (AvgIpc) is 2.90. The molecule has 1 heterocycles. The number of carbonyl (C=O) groups is 1. The third kappa shape index (κ3) is 4.59. The van der Waals surface area contributed by atoms with Crippen LogP contribution in [0.15, 0.2) is 22.7 Å². The smallest absolute Gasteiger partial charge is 0.323 e. The number of benzene rings is 1. The summed E-state index contributed by atoms with van der Waals surface area (Å²) in [6, 6.07) is 5.30. The van der Waals surface area contributed by atoms with E-state index in [-0.39, 0.29) is 12.0 Å². The van der Waals surface area contributed by atoms with Gasteiger partial charge in [-0.15, -0.1) is 0 Å². The van der Waals surface area contributed by atoms with Crippen molar-refractivity contribution < 1.29 is 14.3 Å². The fraction of sp³-hybridized carbons (Fsp3) is 0.533. The molecule has 1 fully saturated rings. The SMILES string of the molecule is CCOC(=O)C1CCCN1CCOc1ccc(Cl)cc1Br. The van der Waals surface area contributed by atoms with Crippen LogP contribution in [0.3, 0.4) is 0 Å². The third-order valence-corrected chi connectivity index (χ3v) is 4.31. The van der Waals surface area contributed by atoms with Gasteiger partial charge in [0, 0.05) is 11.6 Å². The van der Waals surface area contributed by atoms with Crippen LogP contribution < -0.4 is 4.74 Å². The number of esters is 1. The number of ether oxygens (including phenoxy) is 2. The molecule has 21 heavy (non-hydrogen) atoms. The number of hydrogen-bond donors (Lipinski definition) is 0. The van der Waals surface area contributed by atoms with Crippen LogP contribution >= 0.6 is 27.5 Å². The van der Waals surface area contributed by atoms with E-state index in [2.05, 4.69) is 20.8 Å². The summed E-state index contributed by atoms with van der Waals surface area (Å²) < 4.78 is 11.7. The highest BCUT2D eigenvalue weighted by Crippen LogP contribution is 2.28. The van der Waals surface area contributed by atoms with Crippen LogP contribution in [0.4, 0.5) is 0 Å². The van der Waals surface area contributed by atoms with Crippen molar-refractivity contribution in [2.45, 2.75) is 25.8 Å². The predicted molar refractivity (Wildman–Crippen MR) is 85.9 cm³/mol. The Balaban J connectivity index is 1.83. The molecule has 6 heteroatoms. The quantitative estimate of drug-likeness (QED) is 0.712. The summed E-state index contributed by atoms with van der Waals surface area (Å²) in [6.45, 7) is 4.40. The Bertz CT molecular complexity index is 498. The van der Waals surface area contributed by atoms with Gasteiger partial charge in [0.25, 0.3) is 0 Å². The molecule has 116 valence electrons. The minimum atomic E-state index is -0.123. The molecule has 0 saturated carbocycles. The molecule has 0 amide bonds. The van der Waals surface area contributed by atoms with Crippen LogP contribution in [-0.4, -0.2) is 43.2 Å². The van der Waals surface area contributed by atoms with Gasteiger partial charge in [-0.1, -0.05) is 11.6 Å². The van der Waals surface area contributed by atoms with Crippen molar-refractivity contribution in [1.29, 1.82) is 0 Å². The zero-order valence-corrected chi connectivity index (χ0v) is 14.3. The molecule has 0 N–H and O–H groups in total. The lowest BCUT2D eigenvalue weighted by atomic mass is 10.2. The van der Waals surface area contributed by atoms with E-state index in [0.29, 0.717) is 24.8 Å². The van der Waals surface area contributed by atoms with Crippen molar-refractivity contribution in [3.63, 3.8) is 0 Å². The lowest BCUT2D eigenvalue weighted by Crippen LogP contribution is -2.39. The topological polar surface area (TPSA) is 38.8 Å². The second-order valence-electron chi connectivity index (χ2n) is 4.87. The Morgan fingerprint density at radius 1 is 1.52 bits per heavy atom. The molecular weight excluding hydrogens is 358 g/mol. The minimum absolute atomic E-state index is 0.123. The molecule has 0 bridgehead atoms. The highest BCUT2D eigenvalue weighted by molar-refractivity contribution is 9.10. The van der Waals surface area contributed by atoms with E-state index in [1.807, 2.05) is 13.0 Å². The van der Waals surface area contributed by atoms with E-state index in [4.69, 9.17) is 21.1 Å². The van der Waals surface area contributed by atoms with Gasteiger partial charge in [-0.05, 0) is 60.4 Å². The van der Waals surface area contributed by atoms with Crippen LogP contribution in [0, 0.1) is 0 Å². The molecule has 0 radical (unpaired) electrons. The maximum atomic E-state index is 11.9. The summed E-state index contributed by atoms with van der Waals surface area (Å²) in [5.74, 6) is 0.633. The van der Waals surface area contributed by atoms with Crippen molar-refractivity contribution in [3.05, 3.63) is 27.7 Å². The second kappa shape index (κ2) is 8.01. The van der Waals surface area contributed by atoms with Crippen LogP contribution in [0.2, 0.25) is 5.02 Å². The van der Waals surface area contributed by atoms with Gasteiger partial charge >= 0.3 is 5.97 Å². The second-order valence-corrected chi connectivity index (χ2v) is 6.16. The molecule has 1 atom stereocenters. The first-order valence-corrected chi connectivity index (χ1v) is 8.27. The molecule has 1 aromatic carbocycles. The molecule has 0 aromatic heterocycles. The summed E-state index contributed by atoms with van der Waals surface area (Å²) in [4.78, 5) is 14.0. The van der Waals surface area contributed by atoms with Gasteiger partial charge < -0.3 is 9.47 Å². The van der Waals surface area contributed by atoms with Crippen LogP contribution in [0.5, 0.6) is 5.75 Å². The molecule has 0 aliphatic carbocycles. The Kier molecular flexibility index (Phi) is 6.33. The highest BCUT2D eigenvalue weighted by Gasteiger charge is 2.31. The fourth-order valence-electron chi connectivity index (χ4n) is 2.46. The summed E-state index contributed by atoms with van der Waals surface area (Å²) >= 11 is 9.31. The predicted octanol–water partition coefficient (Wildman–Crippen LogP) is 3.51. The van der Waals surface area contributed by atoms with Gasteiger partial charge in [-0.2, -0.15) is 0 Å². The summed E-state index contributed by atoms with van der Waals surface area (Å²) in [5.41, 5.74) is 0. The summed E-state index contributed by atoms with van der Waals surface area (Å²) in [5, 5.41) is 0.663. The van der Waals surface area contributed by atoms with Crippen molar-refractivity contribution in [3.8, 4) is 5.75 Å². The molecule has 1 saturated heterocycles. The van der Waals surface area contributed by atoms with E-state index in [9.17, 15) is 4.79 Å². The molecule has 1 unspecified atom stereocenters. The Labute approximate surface area is 138 Å². The highest BCUT2D eigenvalue weighted by atomic mass is 79.9. The number of halogens is 2. The maximum absolute atomic E-state index is 11.9.